The lowest BCUT2D eigenvalue weighted by Crippen LogP contribution is -2.25. The normalized spacial score (nSPS) is 23.2. The number of hydrogen-bond acceptors (Lipinski definition) is 8. The molecule has 254 valence electrons. The first-order valence-electron chi connectivity index (χ1n) is 17.4. The zero-order valence-corrected chi connectivity index (χ0v) is 28.3. The number of rotatable bonds is 5. The van der Waals surface area contributed by atoms with E-state index in [4.69, 9.17) is 9.10 Å². The smallest absolute Gasteiger partial charge is 0.192 e. The molecule has 3 aromatic carbocycles. The van der Waals surface area contributed by atoms with Gasteiger partial charge in [0.15, 0.2) is 5.78 Å². The number of phenols is 1. The van der Waals surface area contributed by atoms with Gasteiger partial charge >= 0.3 is 0 Å². The van der Waals surface area contributed by atoms with Gasteiger partial charge in [0, 0.05) is 35.9 Å². The van der Waals surface area contributed by atoms with Crippen LogP contribution in [0.25, 0.3) is 0 Å². The van der Waals surface area contributed by atoms with E-state index in [1.54, 1.807) is 55.1 Å². The maximum absolute atomic E-state index is 13.4. The third kappa shape index (κ3) is 7.63. The summed E-state index contributed by atoms with van der Waals surface area (Å²) in [5.74, 6) is -0.0847. The molecule has 8 rings (SSSR count). The molecule has 2 aliphatic heterocycles. The Kier molecular flexibility index (Phi) is 8.74. The summed E-state index contributed by atoms with van der Waals surface area (Å²) in [4.78, 5) is 24.7. The van der Waals surface area contributed by atoms with Gasteiger partial charge in [0.05, 0.1) is 26.7 Å². The van der Waals surface area contributed by atoms with Crippen molar-refractivity contribution >= 4 is 27.5 Å². The molecule has 3 aliphatic rings. The minimum absolute atomic E-state index is 0.0823. The summed E-state index contributed by atoms with van der Waals surface area (Å²) in [6, 6.07) is 22.0. The number of benzene rings is 3. The Balaban J connectivity index is 0.000000167. The highest BCUT2D eigenvalue weighted by molar-refractivity contribution is 9.12. The van der Waals surface area contributed by atoms with Gasteiger partial charge in [-0.15, -0.1) is 0 Å². The van der Waals surface area contributed by atoms with Gasteiger partial charge in [-0.2, -0.15) is 0 Å². The second kappa shape index (κ2) is 14.9. The van der Waals surface area contributed by atoms with Crippen LogP contribution >= 0.6 is 15.9 Å². The third-order valence-electron chi connectivity index (χ3n) is 8.53. The van der Waals surface area contributed by atoms with Crippen molar-refractivity contribution in [1.29, 1.82) is 0 Å². The Morgan fingerprint density at radius 3 is 1.75 bits per heavy atom. The quantitative estimate of drug-likeness (QED) is 0.147. The molecule has 5 aromatic rings. The number of hydrogen-bond donors (Lipinski definition) is 4. The van der Waals surface area contributed by atoms with Crippen LogP contribution in [-0.4, -0.2) is 26.7 Å². The number of ketones is 1. The molecular formula is C40H31BrF2N6O2. The van der Waals surface area contributed by atoms with Crippen molar-refractivity contribution in [2.45, 2.75) is 24.2 Å². The van der Waals surface area contributed by atoms with E-state index in [-0.39, 0.29) is 65.5 Å². The van der Waals surface area contributed by atoms with Gasteiger partial charge in [-0.1, -0.05) is 24.3 Å². The summed E-state index contributed by atoms with van der Waals surface area (Å²) in [6.45, 7) is 0. The first-order valence-corrected chi connectivity index (χ1v) is 16.7. The van der Waals surface area contributed by atoms with Crippen LogP contribution in [0.4, 0.5) is 8.78 Å². The number of nitrogens with zero attached hydrogens (tertiary/aromatic N) is 3. The molecule has 0 radical (unpaired) electrons. The number of amidine groups is 1. The van der Waals surface area contributed by atoms with Crippen molar-refractivity contribution in [3.63, 3.8) is 0 Å². The Hall–Kier alpha value is -5.94. The number of halogens is 3. The predicted molar refractivity (Wildman–Crippen MR) is 194 cm³/mol. The molecule has 4 atom stereocenters. The highest BCUT2D eigenvalue weighted by Crippen LogP contribution is 2.38. The summed E-state index contributed by atoms with van der Waals surface area (Å²) in [5.41, 5.74) is 5.01. The number of allylic oxidation sites excluding steroid dienone is 5. The summed E-state index contributed by atoms with van der Waals surface area (Å²) < 4.78 is 50.5. The summed E-state index contributed by atoms with van der Waals surface area (Å²) in [5, 5.41) is 19.9. The van der Waals surface area contributed by atoms with Gasteiger partial charge < -0.3 is 21.1 Å². The van der Waals surface area contributed by atoms with Crippen molar-refractivity contribution in [3.8, 4) is 5.75 Å². The Morgan fingerprint density at radius 1 is 0.686 bits per heavy atom. The van der Waals surface area contributed by atoms with E-state index < -0.39 is 0 Å². The Bertz CT molecular complexity index is 2280. The first kappa shape index (κ1) is 29.9. The number of pyridine rings is 2. The molecule has 1 fully saturated rings. The highest BCUT2D eigenvalue weighted by atomic mass is 79.9. The van der Waals surface area contributed by atoms with Crippen molar-refractivity contribution < 1.29 is 22.8 Å². The molecular weight excluding hydrogens is 714 g/mol. The van der Waals surface area contributed by atoms with E-state index in [2.05, 4.69) is 41.8 Å². The second-order valence-corrected chi connectivity index (χ2v) is 12.6. The molecule has 0 amide bonds. The molecule has 8 nitrogen and oxygen atoms in total. The molecule has 0 saturated carbocycles. The lowest BCUT2D eigenvalue weighted by atomic mass is 9.95. The molecule has 4 heterocycles. The van der Waals surface area contributed by atoms with Crippen LogP contribution in [0, 0.1) is 11.6 Å². The molecule has 2 aromatic heterocycles. The maximum atomic E-state index is 13.4. The van der Waals surface area contributed by atoms with Crippen molar-refractivity contribution in [3.05, 3.63) is 195 Å². The van der Waals surface area contributed by atoms with E-state index in [1.807, 2.05) is 24.3 Å². The van der Waals surface area contributed by atoms with Crippen molar-refractivity contribution in [2.24, 2.45) is 4.99 Å². The van der Waals surface area contributed by atoms with Crippen LogP contribution in [0.3, 0.4) is 0 Å². The fourth-order valence-electron chi connectivity index (χ4n) is 5.99. The molecule has 0 bridgehead atoms. The topological polar surface area (TPSA) is 112 Å². The SMILES string of the molecule is [3H]C1=CC(=C2NC(c3ccncc3)C(c3ccc(F)cc3)N2)C=C(Br)C1=O.[3H]c1cc(C2=NC(c3ccc(F)cc3)C(c3ccncc3)N2)cc([3H])c1O. The number of aliphatic imine (C=N–C) groups is 1. The van der Waals surface area contributed by atoms with Crippen LogP contribution in [0.5, 0.6) is 5.75 Å². The fraction of sp³-hybridized carbons (Fsp3) is 0.100. The first-order chi connectivity index (χ1) is 26.0. The lowest BCUT2D eigenvalue weighted by molar-refractivity contribution is -0.110. The number of aromatic hydroxyl groups is 1. The molecule has 0 spiro atoms. The number of carbonyl (C=O) groups excluding carboxylic acids is 1. The minimum atomic E-state index is -0.363. The molecule has 4 unspecified atom stereocenters. The van der Waals surface area contributed by atoms with Crippen LogP contribution < -0.4 is 16.0 Å². The Labute approximate surface area is 305 Å². The molecule has 1 aliphatic carbocycles. The van der Waals surface area contributed by atoms with Gasteiger partial charge in [-0.05, 0) is 129 Å². The number of carbonyl (C=O) groups is 1. The standard InChI is InChI=1S/C20H15BrFN3O.C20H16FN3O/c21-16-11-14(3-6-17(16)26)20-24-18(12-1-4-15(22)5-2-12)19(25-20)13-7-9-23-10-8-13;21-16-5-1-13(2-6-16)18-19(14-9-11-22-12-10-14)24-20(23-18)15-3-7-17(25)8-4-15/h1-11,18-19,24-25H;1-12,18-19,25H,(H,23,24)/i6T;7T,8T. The van der Waals surface area contributed by atoms with Gasteiger partial charge in [0.25, 0.3) is 0 Å². The van der Waals surface area contributed by atoms with Gasteiger partial charge in [0.2, 0.25) is 0 Å². The largest absolute Gasteiger partial charge is 0.508 e. The maximum Gasteiger partial charge on any atom is 0.192 e. The summed E-state index contributed by atoms with van der Waals surface area (Å²) >= 11 is 3.22. The minimum Gasteiger partial charge on any atom is -0.508 e. The van der Waals surface area contributed by atoms with Gasteiger partial charge in [-0.3, -0.25) is 19.8 Å². The second-order valence-electron chi connectivity index (χ2n) is 11.8. The van der Waals surface area contributed by atoms with E-state index in [9.17, 15) is 18.7 Å². The summed E-state index contributed by atoms with van der Waals surface area (Å²) in [6.07, 6.45) is 10.1. The number of aromatic nitrogens is 2. The van der Waals surface area contributed by atoms with Crippen molar-refractivity contribution in [2.75, 3.05) is 0 Å². The Morgan fingerprint density at radius 2 is 1.20 bits per heavy atom. The van der Waals surface area contributed by atoms with Gasteiger partial charge in [-0.25, -0.2) is 8.78 Å². The molecule has 1 saturated heterocycles. The van der Waals surface area contributed by atoms with Crippen LogP contribution in [-0.2, 0) is 4.79 Å². The fourth-order valence-corrected chi connectivity index (χ4v) is 6.35. The predicted octanol–water partition coefficient (Wildman–Crippen LogP) is 7.58. The van der Waals surface area contributed by atoms with Crippen molar-refractivity contribution in [1.82, 2.24) is 25.9 Å². The molecule has 4 N–H and O–H groups in total. The van der Waals surface area contributed by atoms with Crippen LogP contribution in [0.15, 0.2) is 161 Å². The monoisotopic (exact) mass is 750 g/mol. The third-order valence-corrected chi connectivity index (χ3v) is 9.12. The zero-order valence-electron chi connectivity index (χ0n) is 29.7. The van der Waals surface area contributed by atoms with Crippen LogP contribution in [0.2, 0.25) is 0 Å². The van der Waals surface area contributed by atoms with E-state index in [0.717, 1.165) is 22.3 Å². The number of nitrogens with one attached hydrogen (secondary N) is 3. The van der Waals surface area contributed by atoms with Gasteiger partial charge in [0.1, 0.15) is 35.1 Å². The summed E-state index contributed by atoms with van der Waals surface area (Å²) in [7, 11) is 0. The van der Waals surface area contributed by atoms with E-state index >= 15 is 0 Å². The van der Waals surface area contributed by atoms with Crippen LogP contribution in [0.1, 0.15) is 56.1 Å². The molecule has 51 heavy (non-hydrogen) atoms. The van der Waals surface area contributed by atoms with E-state index in [1.165, 1.54) is 42.5 Å². The number of phenolic OH excluding ortho intramolecular Hbond substituents is 1. The lowest BCUT2D eigenvalue weighted by Gasteiger charge is -2.19. The van der Waals surface area contributed by atoms with E-state index in [0.29, 0.717) is 27.3 Å². The zero-order chi connectivity index (χ0) is 37.9. The molecule has 11 heteroatoms. The highest BCUT2D eigenvalue weighted by Gasteiger charge is 2.34. The average Bonchev–Trinajstić information content (AvgIpc) is 3.84. The average molecular weight is 752 g/mol.